The Balaban J connectivity index is 2.83. The summed E-state index contributed by atoms with van der Waals surface area (Å²) in [6.07, 6.45) is 1.52. The third-order valence-electron chi connectivity index (χ3n) is 1.99. The molecule has 0 aliphatic heterocycles. The van der Waals surface area contributed by atoms with Gasteiger partial charge in [0.25, 0.3) is 0 Å². The number of aryl methyl sites for hydroxylation is 1. The molecule has 0 aromatic carbocycles. The van der Waals surface area contributed by atoms with Crippen LogP contribution < -0.4 is 5.32 Å². The Morgan fingerprint density at radius 3 is 2.77 bits per heavy atom. The van der Waals surface area contributed by atoms with E-state index in [-0.39, 0.29) is 12.6 Å². The maximum atomic E-state index is 8.85. The predicted octanol–water partition coefficient (Wildman–Crippen LogP) is 0.886. The van der Waals surface area contributed by atoms with Gasteiger partial charge in [0.05, 0.1) is 6.61 Å². The summed E-state index contributed by atoms with van der Waals surface area (Å²) >= 11 is 0. The van der Waals surface area contributed by atoms with Gasteiger partial charge in [-0.2, -0.15) is 0 Å². The van der Waals surface area contributed by atoms with Crippen LogP contribution in [-0.2, 0) is 0 Å². The molecule has 0 spiro atoms. The smallest absolute Gasteiger partial charge is 0.132 e. The highest BCUT2D eigenvalue weighted by Gasteiger charge is 2.05. The Morgan fingerprint density at radius 1 is 1.46 bits per heavy atom. The molecule has 0 bridgehead atoms. The lowest BCUT2D eigenvalue weighted by molar-refractivity contribution is 0.281. The molecular weight excluding hydrogens is 166 g/mol. The highest BCUT2D eigenvalue weighted by atomic mass is 16.3. The van der Waals surface area contributed by atoms with E-state index in [1.54, 1.807) is 0 Å². The minimum absolute atomic E-state index is 0.0213. The first-order valence-electron chi connectivity index (χ1n) is 4.30. The molecule has 72 valence electrons. The standard InChI is InChI=1S/C9H15N3O/c1-6(4-13)12-9-7(2)8(3)10-5-11-9/h5-6,13H,4H2,1-3H3,(H,10,11,12). The molecule has 4 nitrogen and oxygen atoms in total. The summed E-state index contributed by atoms with van der Waals surface area (Å²) in [7, 11) is 0. The first kappa shape index (κ1) is 9.92. The topological polar surface area (TPSA) is 58.0 Å². The van der Waals surface area contributed by atoms with Crippen molar-refractivity contribution in [3.8, 4) is 0 Å². The number of aromatic nitrogens is 2. The van der Waals surface area contributed by atoms with Crippen LogP contribution in [0.25, 0.3) is 0 Å². The van der Waals surface area contributed by atoms with Crippen molar-refractivity contribution in [1.82, 2.24) is 9.97 Å². The Hall–Kier alpha value is -1.16. The number of aliphatic hydroxyl groups excluding tert-OH is 1. The van der Waals surface area contributed by atoms with E-state index < -0.39 is 0 Å². The van der Waals surface area contributed by atoms with Gasteiger partial charge in [0.1, 0.15) is 12.1 Å². The van der Waals surface area contributed by atoms with E-state index >= 15 is 0 Å². The van der Waals surface area contributed by atoms with E-state index in [9.17, 15) is 0 Å². The van der Waals surface area contributed by atoms with E-state index in [4.69, 9.17) is 5.11 Å². The minimum atomic E-state index is 0.0213. The molecule has 0 saturated heterocycles. The Morgan fingerprint density at radius 2 is 2.15 bits per heavy atom. The van der Waals surface area contributed by atoms with Gasteiger partial charge >= 0.3 is 0 Å². The van der Waals surface area contributed by atoms with Crippen LogP contribution in [0.3, 0.4) is 0 Å². The normalized spacial score (nSPS) is 12.6. The van der Waals surface area contributed by atoms with Crippen molar-refractivity contribution in [3.05, 3.63) is 17.6 Å². The first-order valence-corrected chi connectivity index (χ1v) is 4.30. The van der Waals surface area contributed by atoms with Crippen LogP contribution in [0.4, 0.5) is 5.82 Å². The molecule has 1 unspecified atom stereocenters. The highest BCUT2D eigenvalue weighted by molar-refractivity contribution is 5.45. The van der Waals surface area contributed by atoms with Gasteiger partial charge in [0.2, 0.25) is 0 Å². The third kappa shape index (κ3) is 2.39. The molecule has 0 saturated carbocycles. The van der Waals surface area contributed by atoms with E-state index in [1.807, 2.05) is 20.8 Å². The van der Waals surface area contributed by atoms with E-state index in [1.165, 1.54) is 6.33 Å². The number of nitrogens with one attached hydrogen (secondary N) is 1. The maximum absolute atomic E-state index is 8.85. The SMILES string of the molecule is Cc1ncnc(NC(C)CO)c1C. The van der Waals surface area contributed by atoms with Gasteiger partial charge in [0.15, 0.2) is 0 Å². The van der Waals surface area contributed by atoms with Crippen molar-refractivity contribution in [1.29, 1.82) is 0 Å². The number of hydrogen-bond donors (Lipinski definition) is 2. The molecule has 0 aliphatic rings. The lowest BCUT2D eigenvalue weighted by Crippen LogP contribution is -2.21. The molecule has 0 fully saturated rings. The van der Waals surface area contributed by atoms with Gasteiger partial charge < -0.3 is 10.4 Å². The van der Waals surface area contributed by atoms with Gasteiger partial charge in [-0.25, -0.2) is 9.97 Å². The van der Waals surface area contributed by atoms with Crippen LogP contribution in [-0.4, -0.2) is 27.7 Å². The zero-order chi connectivity index (χ0) is 9.84. The van der Waals surface area contributed by atoms with Crippen molar-refractivity contribution in [3.63, 3.8) is 0 Å². The largest absolute Gasteiger partial charge is 0.394 e. The van der Waals surface area contributed by atoms with Gasteiger partial charge in [-0.1, -0.05) is 0 Å². The molecule has 0 amide bonds. The van der Waals surface area contributed by atoms with Crippen molar-refractivity contribution in [2.75, 3.05) is 11.9 Å². The predicted molar refractivity (Wildman–Crippen MR) is 51.7 cm³/mol. The van der Waals surface area contributed by atoms with Gasteiger partial charge in [0, 0.05) is 17.3 Å². The second-order valence-corrected chi connectivity index (χ2v) is 3.16. The van der Waals surface area contributed by atoms with Crippen LogP contribution in [0, 0.1) is 13.8 Å². The minimum Gasteiger partial charge on any atom is -0.394 e. The summed E-state index contributed by atoms with van der Waals surface area (Å²) in [5.74, 6) is 0.800. The fourth-order valence-electron chi connectivity index (χ4n) is 0.963. The van der Waals surface area contributed by atoms with Crippen LogP contribution in [0.5, 0.6) is 0 Å². The molecule has 13 heavy (non-hydrogen) atoms. The Bertz CT molecular complexity index is 288. The quantitative estimate of drug-likeness (QED) is 0.727. The van der Waals surface area contributed by atoms with Crippen molar-refractivity contribution >= 4 is 5.82 Å². The van der Waals surface area contributed by atoms with Crippen LogP contribution in [0.15, 0.2) is 6.33 Å². The van der Waals surface area contributed by atoms with Crippen molar-refractivity contribution < 1.29 is 5.11 Å². The second-order valence-electron chi connectivity index (χ2n) is 3.16. The van der Waals surface area contributed by atoms with E-state index in [2.05, 4.69) is 15.3 Å². The zero-order valence-electron chi connectivity index (χ0n) is 8.20. The number of nitrogens with zero attached hydrogens (tertiary/aromatic N) is 2. The number of aliphatic hydroxyl groups is 1. The summed E-state index contributed by atoms with van der Waals surface area (Å²) in [5.41, 5.74) is 1.99. The average molecular weight is 181 g/mol. The van der Waals surface area contributed by atoms with Crippen molar-refractivity contribution in [2.24, 2.45) is 0 Å². The molecular formula is C9H15N3O. The van der Waals surface area contributed by atoms with Crippen LogP contribution in [0.1, 0.15) is 18.2 Å². The fraction of sp³-hybridized carbons (Fsp3) is 0.556. The first-order chi connectivity index (χ1) is 6.15. The van der Waals surface area contributed by atoms with Gasteiger partial charge in [-0.05, 0) is 20.8 Å². The van der Waals surface area contributed by atoms with Crippen LogP contribution >= 0.6 is 0 Å². The zero-order valence-corrected chi connectivity index (χ0v) is 8.20. The highest BCUT2D eigenvalue weighted by Crippen LogP contribution is 2.13. The fourth-order valence-corrected chi connectivity index (χ4v) is 0.963. The third-order valence-corrected chi connectivity index (χ3v) is 1.99. The molecule has 2 N–H and O–H groups in total. The summed E-state index contributed by atoms with van der Waals surface area (Å²) in [6.45, 7) is 5.90. The number of rotatable bonds is 3. The summed E-state index contributed by atoms with van der Waals surface area (Å²) in [5, 5.41) is 11.9. The summed E-state index contributed by atoms with van der Waals surface area (Å²) in [4.78, 5) is 8.15. The average Bonchev–Trinajstić information content (AvgIpc) is 2.13. The second kappa shape index (κ2) is 4.18. The summed E-state index contributed by atoms with van der Waals surface area (Å²) < 4.78 is 0. The molecule has 1 aromatic rings. The maximum Gasteiger partial charge on any atom is 0.132 e. The lowest BCUT2D eigenvalue weighted by Gasteiger charge is -2.13. The Labute approximate surface area is 78.0 Å². The molecule has 0 radical (unpaired) electrons. The van der Waals surface area contributed by atoms with Crippen LogP contribution in [0.2, 0.25) is 0 Å². The van der Waals surface area contributed by atoms with Gasteiger partial charge in [-0.3, -0.25) is 0 Å². The summed E-state index contributed by atoms with van der Waals surface area (Å²) in [6, 6.07) is 0.0213. The monoisotopic (exact) mass is 181 g/mol. The van der Waals surface area contributed by atoms with E-state index in [0.29, 0.717) is 0 Å². The number of anilines is 1. The Kier molecular flexibility index (Phi) is 3.19. The molecule has 1 atom stereocenters. The molecule has 1 heterocycles. The lowest BCUT2D eigenvalue weighted by atomic mass is 10.2. The molecule has 1 aromatic heterocycles. The molecule has 4 heteroatoms. The number of hydrogen-bond acceptors (Lipinski definition) is 4. The van der Waals surface area contributed by atoms with Crippen molar-refractivity contribution in [2.45, 2.75) is 26.8 Å². The van der Waals surface area contributed by atoms with E-state index in [0.717, 1.165) is 17.1 Å². The molecule has 1 rings (SSSR count). The van der Waals surface area contributed by atoms with Gasteiger partial charge in [-0.15, -0.1) is 0 Å². The molecule has 0 aliphatic carbocycles.